The van der Waals surface area contributed by atoms with Gasteiger partial charge in [0.25, 0.3) is 0 Å². The van der Waals surface area contributed by atoms with Crippen LogP contribution in [0.25, 0.3) is 0 Å². The Morgan fingerprint density at radius 3 is 3.00 bits per heavy atom. The van der Waals surface area contributed by atoms with E-state index in [0.29, 0.717) is 6.04 Å². The quantitative estimate of drug-likeness (QED) is 0.562. The van der Waals surface area contributed by atoms with Gasteiger partial charge in [-0.3, -0.25) is 0 Å². The number of thiocarbonyl (C=S) groups is 1. The highest BCUT2D eigenvalue weighted by molar-refractivity contribution is 8.23. The number of hydrogen-bond acceptors (Lipinski definition) is 2. The maximum absolute atomic E-state index is 5.09. The van der Waals surface area contributed by atoms with Crippen LogP contribution in [-0.4, -0.2) is 15.6 Å². The van der Waals surface area contributed by atoms with Gasteiger partial charge in [-0.15, -0.1) is 0 Å². The van der Waals surface area contributed by atoms with Crippen LogP contribution in [0.1, 0.15) is 25.7 Å². The van der Waals surface area contributed by atoms with Gasteiger partial charge in [0.2, 0.25) is 0 Å². The Morgan fingerprint density at radius 2 is 2.20 bits per heavy atom. The van der Waals surface area contributed by atoms with Crippen LogP contribution in [-0.2, 0) is 0 Å². The van der Waals surface area contributed by atoms with Crippen LogP contribution < -0.4 is 5.32 Å². The number of thioether (sulfide) groups is 1. The Morgan fingerprint density at radius 1 is 1.40 bits per heavy atom. The standard InChI is InChI=1S/C7H11NS2/c9-7-8-5-3-1-2-4-6(5)10-7/h5-6H,1-4H2,(H,8,9)/t5-,6-/m1/s1. The van der Waals surface area contributed by atoms with Crippen molar-refractivity contribution in [3.63, 3.8) is 0 Å². The predicted octanol–water partition coefficient (Wildman–Crippen LogP) is 1.92. The van der Waals surface area contributed by atoms with E-state index in [9.17, 15) is 0 Å². The third-order valence-electron chi connectivity index (χ3n) is 2.26. The molecule has 1 heterocycles. The molecular formula is C7H11NS2. The van der Waals surface area contributed by atoms with E-state index in [1.807, 2.05) is 11.8 Å². The number of nitrogens with one attached hydrogen (secondary N) is 1. The van der Waals surface area contributed by atoms with Crippen molar-refractivity contribution in [3.05, 3.63) is 0 Å². The molecule has 0 aromatic rings. The molecule has 0 aromatic carbocycles. The molecule has 2 aliphatic rings. The molecule has 10 heavy (non-hydrogen) atoms. The van der Waals surface area contributed by atoms with Crippen LogP contribution in [0.3, 0.4) is 0 Å². The zero-order valence-corrected chi connectivity index (χ0v) is 7.43. The van der Waals surface area contributed by atoms with Gasteiger partial charge in [0, 0.05) is 11.3 Å². The van der Waals surface area contributed by atoms with Crippen LogP contribution in [0.4, 0.5) is 0 Å². The number of fused-ring (bicyclic) bond motifs is 1. The van der Waals surface area contributed by atoms with E-state index in [0.717, 1.165) is 9.57 Å². The molecule has 0 unspecified atom stereocenters. The fourth-order valence-corrected chi connectivity index (χ4v) is 3.40. The van der Waals surface area contributed by atoms with Crippen LogP contribution in [0.15, 0.2) is 0 Å². The second kappa shape index (κ2) is 2.70. The lowest BCUT2D eigenvalue weighted by molar-refractivity contribution is 0.436. The van der Waals surface area contributed by atoms with E-state index in [1.54, 1.807) is 0 Å². The lowest BCUT2D eigenvalue weighted by atomic mass is 9.95. The van der Waals surface area contributed by atoms with Crippen LogP contribution in [0.5, 0.6) is 0 Å². The summed E-state index contributed by atoms with van der Waals surface area (Å²) in [4.78, 5) is 0. The summed E-state index contributed by atoms with van der Waals surface area (Å²) in [6, 6.07) is 0.714. The molecule has 0 radical (unpaired) electrons. The monoisotopic (exact) mass is 173 g/mol. The molecule has 2 atom stereocenters. The molecule has 1 nitrogen and oxygen atoms in total. The lowest BCUT2D eigenvalue weighted by Gasteiger charge is -2.22. The Hall–Kier alpha value is 0.240. The fourth-order valence-electron chi connectivity index (χ4n) is 1.73. The van der Waals surface area contributed by atoms with Crippen molar-refractivity contribution in [2.24, 2.45) is 0 Å². The Bertz CT molecular complexity index is 142. The average molecular weight is 173 g/mol. The minimum Gasteiger partial charge on any atom is -0.367 e. The minimum atomic E-state index is 0.714. The largest absolute Gasteiger partial charge is 0.367 e. The highest BCUT2D eigenvalue weighted by Crippen LogP contribution is 2.34. The van der Waals surface area contributed by atoms with E-state index in [-0.39, 0.29) is 0 Å². The molecule has 2 fully saturated rings. The first-order valence-electron chi connectivity index (χ1n) is 3.83. The Kier molecular flexibility index (Phi) is 1.87. The highest BCUT2D eigenvalue weighted by Gasteiger charge is 2.32. The molecule has 0 amide bonds. The van der Waals surface area contributed by atoms with E-state index < -0.39 is 0 Å². The molecule has 2 rings (SSSR count). The number of rotatable bonds is 0. The summed E-state index contributed by atoms with van der Waals surface area (Å²) in [6.45, 7) is 0. The van der Waals surface area contributed by atoms with Crippen molar-refractivity contribution in [2.45, 2.75) is 37.0 Å². The van der Waals surface area contributed by atoms with Gasteiger partial charge >= 0.3 is 0 Å². The summed E-state index contributed by atoms with van der Waals surface area (Å²) < 4.78 is 1.02. The smallest absolute Gasteiger partial charge is 0.134 e. The molecule has 56 valence electrons. The van der Waals surface area contributed by atoms with Crippen LogP contribution in [0, 0.1) is 0 Å². The summed E-state index contributed by atoms with van der Waals surface area (Å²) >= 11 is 6.96. The van der Waals surface area contributed by atoms with E-state index in [4.69, 9.17) is 12.2 Å². The molecular weight excluding hydrogens is 162 g/mol. The molecule has 0 bridgehead atoms. The zero-order valence-electron chi connectivity index (χ0n) is 5.80. The SMILES string of the molecule is S=C1N[C@@H]2CCCC[C@H]2S1. The zero-order chi connectivity index (χ0) is 6.97. The van der Waals surface area contributed by atoms with Crippen molar-refractivity contribution in [2.75, 3.05) is 0 Å². The normalized spacial score (nSPS) is 39.0. The summed E-state index contributed by atoms with van der Waals surface area (Å²) in [7, 11) is 0. The lowest BCUT2D eigenvalue weighted by Crippen LogP contribution is -2.33. The summed E-state index contributed by atoms with van der Waals surface area (Å²) in [5, 5.41) is 4.16. The van der Waals surface area contributed by atoms with Gasteiger partial charge in [-0.2, -0.15) is 0 Å². The fraction of sp³-hybridized carbons (Fsp3) is 0.857. The van der Waals surface area contributed by atoms with E-state index >= 15 is 0 Å². The van der Waals surface area contributed by atoms with Crippen molar-refractivity contribution >= 4 is 28.3 Å². The minimum absolute atomic E-state index is 0.714. The van der Waals surface area contributed by atoms with Crippen molar-refractivity contribution < 1.29 is 0 Å². The third-order valence-corrected chi connectivity index (χ3v) is 3.87. The topological polar surface area (TPSA) is 12.0 Å². The molecule has 1 aliphatic carbocycles. The molecule has 0 spiro atoms. The first kappa shape index (κ1) is 6.92. The van der Waals surface area contributed by atoms with Gasteiger partial charge in [0.1, 0.15) is 4.32 Å². The van der Waals surface area contributed by atoms with Gasteiger partial charge in [-0.05, 0) is 12.8 Å². The van der Waals surface area contributed by atoms with Crippen LogP contribution >= 0.6 is 24.0 Å². The van der Waals surface area contributed by atoms with Gasteiger partial charge in [0.15, 0.2) is 0 Å². The maximum atomic E-state index is 5.09. The van der Waals surface area contributed by atoms with Gasteiger partial charge in [-0.1, -0.05) is 36.8 Å². The van der Waals surface area contributed by atoms with Crippen LogP contribution in [0.2, 0.25) is 0 Å². The Labute approximate surface area is 70.9 Å². The summed E-state index contributed by atoms with van der Waals surface area (Å²) in [5.74, 6) is 0. The molecule has 1 saturated heterocycles. The molecule has 1 aliphatic heterocycles. The van der Waals surface area contributed by atoms with Gasteiger partial charge in [-0.25, -0.2) is 0 Å². The summed E-state index contributed by atoms with van der Waals surface area (Å²) in [6.07, 6.45) is 5.48. The van der Waals surface area contributed by atoms with Crippen molar-refractivity contribution in [1.29, 1.82) is 0 Å². The molecule has 1 saturated carbocycles. The van der Waals surface area contributed by atoms with E-state index in [2.05, 4.69) is 5.32 Å². The molecule has 1 N–H and O–H groups in total. The Balaban J connectivity index is 2.04. The predicted molar refractivity (Wildman–Crippen MR) is 49.4 cm³/mol. The van der Waals surface area contributed by atoms with Gasteiger partial charge < -0.3 is 5.32 Å². The summed E-state index contributed by atoms with van der Waals surface area (Å²) in [5.41, 5.74) is 0. The number of hydrogen-bond donors (Lipinski definition) is 1. The maximum Gasteiger partial charge on any atom is 0.134 e. The van der Waals surface area contributed by atoms with Crippen molar-refractivity contribution in [1.82, 2.24) is 5.32 Å². The van der Waals surface area contributed by atoms with Gasteiger partial charge in [0.05, 0.1) is 0 Å². The average Bonchev–Trinajstić information content (AvgIpc) is 2.27. The second-order valence-electron chi connectivity index (χ2n) is 2.98. The third kappa shape index (κ3) is 1.17. The second-order valence-corrected chi connectivity index (χ2v) is 4.90. The van der Waals surface area contributed by atoms with E-state index in [1.165, 1.54) is 25.7 Å². The first-order chi connectivity index (χ1) is 4.86. The molecule has 0 aromatic heterocycles. The highest BCUT2D eigenvalue weighted by atomic mass is 32.2. The van der Waals surface area contributed by atoms with Crippen molar-refractivity contribution in [3.8, 4) is 0 Å². The first-order valence-corrected chi connectivity index (χ1v) is 5.12. The molecule has 3 heteroatoms.